The van der Waals surface area contributed by atoms with E-state index >= 15 is 0 Å². The van der Waals surface area contributed by atoms with Crippen LogP contribution in [0.4, 0.5) is 27.8 Å². The first-order chi connectivity index (χ1) is 16.3. The molecular weight excluding hydrogens is 479 g/mol. The Morgan fingerprint density at radius 3 is 2.62 bits per heavy atom. The molecule has 5 heterocycles. The van der Waals surface area contributed by atoms with Gasteiger partial charge in [0.25, 0.3) is 6.43 Å². The van der Waals surface area contributed by atoms with Gasteiger partial charge in [-0.2, -0.15) is 18.3 Å². The van der Waals surface area contributed by atoms with Crippen LogP contribution < -0.4 is 4.90 Å². The molecule has 0 bridgehead atoms. The van der Waals surface area contributed by atoms with Crippen molar-refractivity contribution in [2.45, 2.75) is 25.1 Å². The standard InChI is InChI=1S/C20H15F5N8S/c21-13(22)8-33-17-12(4-28-33)27-5-14(29-17)32-6-10-11(7-32)15(10)19-31-30-18(34-19)9-2-1-3-26-16(9)20(23,24)25/h1-5,10-11,13,15H,6-8H2/t10-,11+,15?. The highest BCUT2D eigenvalue weighted by Gasteiger charge is 2.58. The van der Waals surface area contributed by atoms with Gasteiger partial charge < -0.3 is 4.90 Å². The molecule has 6 rings (SSSR count). The van der Waals surface area contributed by atoms with Crippen molar-refractivity contribution in [3.63, 3.8) is 0 Å². The van der Waals surface area contributed by atoms with Gasteiger partial charge in [-0.3, -0.25) is 4.98 Å². The van der Waals surface area contributed by atoms with E-state index in [1.54, 1.807) is 6.20 Å². The van der Waals surface area contributed by atoms with Crippen LogP contribution in [0.5, 0.6) is 0 Å². The van der Waals surface area contributed by atoms with E-state index in [0.717, 1.165) is 22.2 Å². The van der Waals surface area contributed by atoms with E-state index in [9.17, 15) is 22.0 Å². The highest BCUT2D eigenvalue weighted by atomic mass is 32.1. The number of alkyl halides is 5. The summed E-state index contributed by atoms with van der Waals surface area (Å²) in [5.74, 6) is 1.23. The minimum atomic E-state index is -4.58. The van der Waals surface area contributed by atoms with Crippen LogP contribution in [0.1, 0.15) is 16.6 Å². The summed E-state index contributed by atoms with van der Waals surface area (Å²) in [6.45, 7) is 0.767. The van der Waals surface area contributed by atoms with E-state index in [2.05, 4.69) is 30.2 Å². The lowest BCUT2D eigenvalue weighted by Gasteiger charge is -2.20. The van der Waals surface area contributed by atoms with Crippen molar-refractivity contribution in [3.8, 4) is 10.6 Å². The third-order valence-corrected chi connectivity index (χ3v) is 7.25. The van der Waals surface area contributed by atoms with Crippen molar-refractivity contribution < 1.29 is 22.0 Å². The van der Waals surface area contributed by atoms with Crippen LogP contribution >= 0.6 is 11.3 Å². The lowest BCUT2D eigenvalue weighted by Crippen LogP contribution is -2.25. The Bertz CT molecular complexity index is 1360. The molecular formula is C20H15F5N8S. The number of hydrogen-bond acceptors (Lipinski definition) is 8. The molecule has 176 valence electrons. The average Bonchev–Trinajstić information content (AvgIpc) is 3.24. The van der Waals surface area contributed by atoms with Gasteiger partial charge in [-0.25, -0.2) is 23.4 Å². The van der Waals surface area contributed by atoms with Crippen LogP contribution in [-0.2, 0) is 12.7 Å². The molecule has 2 aliphatic rings. The number of anilines is 1. The van der Waals surface area contributed by atoms with Gasteiger partial charge in [-0.1, -0.05) is 11.3 Å². The molecule has 0 N–H and O–H groups in total. The number of aromatic nitrogens is 7. The molecule has 3 atom stereocenters. The fraction of sp³-hybridized carbons (Fsp3) is 0.400. The molecule has 1 saturated carbocycles. The van der Waals surface area contributed by atoms with Crippen molar-refractivity contribution in [1.82, 2.24) is 34.9 Å². The van der Waals surface area contributed by atoms with E-state index < -0.39 is 24.8 Å². The van der Waals surface area contributed by atoms with E-state index in [1.165, 1.54) is 18.3 Å². The predicted octanol–water partition coefficient (Wildman–Crippen LogP) is 3.87. The van der Waals surface area contributed by atoms with E-state index in [-0.39, 0.29) is 28.3 Å². The van der Waals surface area contributed by atoms with Gasteiger partial charge in [0.05, 0.1) is 12.4 Å². The quantitative estimate of drug-likeness (QED) is 0.390. The Morgan fingerprint density at radius 1 is 1.09 bits per heavy atom. The first-order valence-electron chi connectivity index (χ1n) is 10.4. The van der Waals surface area contributed by atoms with Crippen molar-refractivity contribution in [2.24, 2.45) is 11.8 Å². The molecule has 1 saturated heterocycles. The first kappa shape index (κ1) is 21.3. The Morgan fingerprint density at radius 2 is 1.88 bits per heavy atom. The summed E-state index contributed by atoms with van der Waals surface area (Å²) < 4.78 is 66.6. The number of hydrogen-bond donors (Lipinski definition) is 0. The summed E-state index contributed by atoms with van der Waals surface area (Å²) in [6, 6.07) is 2.80. The summed E-state index contributed by atoms with van der Waals surface area (Å²) in [6.07, 6.45) is -3.02. The summed E-state index contributed by atoms with van der Waals surface area (Å²) in [4.78, 5) is 14.3. The van der Waals surface area contributed by atoms with Crippen LogP contribution in [0.3, 0.4) is 0 Å². The lowest BCUT2D eigenvalue weighted by atomic mass is 10.2. The molecule has 4 aromatic rings. The average molecular weight is 494 g/mol. The summed E-state index contributed by atoms with van der Waals surface area (Å²) >= 11 is 1.16. The van der Waals surface area contributed by atoms with Crippen LogP contribution in [0.25, 0.3) is 21.7 Å². The Balaban J connectivity index is 1.18. The second kappa shape index (κ2) is 7.61. The molecule has 1 unspecified atom stereocenters. The maximum absolute atomic E-state index is 13.3. The van der Waals surface area contributed by atoms with Gasteiger partial charge in [-0.15, -0.1) is 10.2 Å². The third-order valence-electron chi connectivity index (χ3n) is 6.19. The minimum Gasteiger partial charge on any atom is -0.355 e. The van der Waals surface area contributed by atoms with Gasteiger partial charge in [0.1, 0.15) is 27.9 Å². The molecule has 0 aromatic carbocycles. The molecule has 0 amide bonds. The molecule has 0 radical (unpaired) electrons. The summed E-state index contributed by atoms with van der Waals surface area (Å²) in [5.41, 5.74) is -0.294. The van der Waals surface area contributed by atoms with Crippen molar-refractivity contribution >= 4 is 28.3 Å². The van der Waals surface area contributed by atoms with Crippen LogP contribution in [-0.4, -0.2) is 54.4 Å². The maximum atomic E-state index is 13.3. The number of rotatable bonds is 5. The third kappa shape index (κ3) is 3.56. The molecule has 0 spiro atoms. The Labute approximate surface area is 192 Å². The van der Waals surface area contributed by atoms with Gasteiger partial charge >= 0.3 is 6.18 Å². The molecule has 8 nitrogen and oxygen atoms in total. The Hall–Kier alpha value is -3.29. The van der Waals surface area contributed by atoms with Crippen molar-refractivity contribution in [3.05, 3.63) is 41.4 Å². The highest BCUT2D eigenvalue weighted by Crippen LogP contribution is 2.59. The highest BCUT2D eigenvalue weighted by molar-refractivity contribution is 7.14. The minimum absolute atomic E-state index is 0.0739. The van der Waals surface area contributed by atoms with Crippen LogP contribution in [0.15, 0.2) is 30.7 Å². The zero-order valence-electron chi connectivity index (χ0n) is 17.2. The number of pyridine rings is 1. The fourth-order valence-corrected chi connectivity index (χ4v) is 5.74. The van der Waals surface area contributed by atoms with Crippen molar-refractivity contribution in [1.29, 1.82) is 0 Å². The maximum Gasteiger partial charge on any atom is 0.434 e. The van der Waals surface area contributed by atoms with Gasteiger partial charge in [0, 0.05) is 30.8 Å². The topological polar surface area (TPSA) is 85.5 Å². The largest absolute Gasteiger partial charge is 0.434 e. The zero-order valence-corrected chi connectivity index (χ0v) is 18.0. The monoisotopic (exact) mass is 494 g/mol. The van der Waals surface area contributed by atoms with Crippen LogP contribution in [0, 0.1) is 11.8 Å². The van der Waals surface area contributed by atoms with Crippen molar-refractivity contribution in [2.75, 3.05) is 18.0 Å². The summed E-state index contributed by atoms with van der Waals surface area (Å²) in [7, 11) is 0. The molecule has 1 aliphatic heterocycles. The number of halogens is 5. The zero-order chi connectivity index (χ0) is 23.6. The number of piperidine rings is 1. The van der Waals surface area contributed by atoms with Crippen LogP contribution in [0.2, 0.25) is 0 Å². The Kier molecular flexibility index (Phi) is 4.76. The smallest absolute Gasteiger partial charge is 0.355 e. The van der Waals surface area contributed by atoms with E-state index in [4.69, 9.17) is 0 Å². The van der Waals surface area contributed by atoms with Gasteiger partial charge in [0.2, 0.25) is 0 Å². The predicted molar refractivity (Wildman–Crippen MR) is 111 cm³/mol. The second-order valence-electron chi connectivity index (χ2n) is 8.26. The van der Waals surface area contributed by atoms with E-state index in [0.29, 0.717) is 35.1 Å². The van der Waals surface area contributed by atoms with Gasteiger partial charge in [0.15, 0.2) is 11.3 Å². The molecule has 4 aromatic heterocycles. The second-order valence-corrected chi connectivity index (χ2v) is 9.27. The van der Waals surface area contributed by atoms with Gasteiger partial charge in [-0.05, 0) is 24.0 Å². The lowest BCUT2D eigenvalue weighted by molar-refractivity contribution is -0.140. The molecule has 2 fully saturated rings. The molecule has 1 aliphatic carbocycles. The SMILES string of the molecule is FC(F)Cn1ncc2ncc(N3C[C@@H]4C(c5nnc(-c6cccnc6C(F)(F)F)s5)[C@@H]4C3)nc21. The molecule has 14 heteroatoms. The number of nitrogens with zero attached hydrogens (tertiary/aromatic N) is 8. The normalized spacial score (nSPS) is 22.1. The molecule has 34 heavy (non-hydrogen) atoms. The first-order valence-corrected chi connectivity index (χ1v) is 11.2. The number of fused-ring (bicyclic) bond motifs is 2. The van der Waals surface area contributed by atoms with E-state index in [1.807, 2.05) is 4.90 Å². The summed E-state index contributed by atoms with van der Waals surface area (Å²) in [5, 5.41) is 13.0. The fourth-order valence-electron chi connectivity index (χ4n) is 4.62.